The lowest BCUT2D eigenvalue weighted by Gasteiger charge is -2.19. The predicted molar refractivity (Wildman–Crippen MR) is 195 cm³/mol. The molecule has 1 aliphatic carbocycles. The van der Waals surface area contributed by atoms with Crippen molar-refractivity contribution in [2.75, 3.05) is 0 Å². The number of hydrogen-bond acceptors (Lipinski definition) is 2. The molecule has 0 bridgehead atoms. The number of nitrogens with zero attached hydrogens (tertiary/aromatic N) is 4. The number of hydrogen-bond donors (Lipinski definition) is 0. The predicted octanol–water partition coefficient (Wildman–Crippen LogP) is 10.8. The van der Waals surface area contributed by atoms with E-state index in [4.69, 9.17) is 0 Å². The van der Waals surface area contributed by atoms with E-state index in [1.54, 1.807) is 0 Å². The zero-order valence-corrected chi connectivity index (χ0v) is 26.1. The molecule has 48 heavy (non-hydrogen) atoms. The number of aryl methyl sites for hydroxylation is 1. The second-order valence-electron chi connectivity index (χ2n) is 12.3. The molecule has 0 amide bonds. The molecule has 0 spiro atoms. The van der Waals surface area contributed by atoms with Crippen LogP contribution in [0.25, 0.3) is 72.4 Å². The smallest absolute Gasteiger partial charge is 0.0998 e. The second kappa shape index (κ2) is 11.0. The van der Waals surface area contributed by atoms with Gasteiger partial charge >= 0.3 is 0 Å². The van der Waals surface area contributed by atoms with Gasteiger partial charge in [-0.3, -0.25) is 0 Å². The summed E-state index contributed by atoms with van der Waals surface area (Å²) in [5, 5.41) is 24.0. The SMILES string of the molecule is N#Cc1ccc2c3c(n(-c4ccccc4-c4c(C#N)cccc4-c4cccc(-n5c6ccccc6c6ccccc65)c4)c2c1)C=CCC3. The largest absolute Gasteiger partial charge is 0.309 e. The molecule has 224 valence electrons. The van der Waals surface area contributed by atoms with Gasteiger partial charge in [0, 0.05) is 38.7 Å². The van der Waals surface area contributed by atoms with Gasteiger partial charge in [-0.05, 0) is 84.1 Å². The highest BCUT2D eigenvalue weighted by Crippen LogP contribution is 2.42. The van der Waals surface area contributed by atoms with Crippen molar-refractivity contribution in [1.82, 2.24) is 9.13 Å². The van der Waals surface area contributed by atoms with Crippen molar-refractivity contribution in [3.05, 3.63) is 162 Å². The zero-order valence-electron chi connectivity index (χ0n) is 26.1. The number of aromatic nitrogens is 2. The van der Waals surface area contributed by atoms with Crippen LogP contribution in [0.15, 0.2) is 140 Å². The summed E-state index contributed by atoms with van der Waals surface area (Å²) in [6.45, 7) is 0. The normalized spacial score (nSPS) is 12.3. The first-order valence-corrected chi connectivity index (χ1v) is 16.2. The van der Waals surface area contributed by atoms with Crippen LogP contribution >= 0.6 is 0 Å². The minimum atomic E-state index is 0.612. The Hall–Kier alpha value is -6.62. The van der Waals surface area contributed by atoms with Crippen LogP contribution < -0.4 is 0 Å². The zero-order chi connectivity index (χ0) is 32.2. The van der Waals surface area contributed by atoms with Gasteiger partial charge in [0.1, 0.15) is 0 Å². The molecule has 1 aliphatic rings. The molecule has 0 atom stereocenters. The first kappa shape index (κ1) is 27.7. The van der Waals surface area contributed by atoms with Crippen LogP contribution in [0.3, 0.4) is 0 Å². The highest BCUT2D eigenvalue weighted by atomic mass is 15.0. The Kier molecular flexibility index (Phi) is 6.35. The van der Waals surface area contributed by atoms with Gasteiger partial charge in [0.25, 0.3) is 0 Å². The van der Waals surface area contributed by atoms with Crippen molar-refractivity contribution in [1.29, 1.82) is 10.5 Å². The van der Waals surface area contributed by atoms with Crippen molar-refractivity contribution in [2.24, 2.45) is 0 Å². The van der Waals surface area contributed by atoms with Crippen LogP contribution in [-0.2, 0) is 6.42 Å². The molecule has 0 fully saturated rings. The van der Waals surface area contributed by atoms with E-state index in [1.807, 2.05) is 30.3 Å². The maximum Gasteiger partial charge on any atom is 0.0998 e. The average Bonchev–Trinajstić information content (AvgIpc) is 3.67. The van der Waals surface area contributed by atoms with Crippen LogP contribution in [0.5, 0.6) is 0 Å². The van der Waals surface area contributed by atoms with Crippen LogP contribution in [0.4, 0.5) is 0 Å². The van der Waals surface area contributed by atoms with E-state index in [9.17, 15) is 10.5 Å². The Labute approximate surface area is 278 Å². The van der Waals surface area contributed by atoms with Gasteiger partial charge in [-0.1, -0.05) is 91.0 Å². The lowest BCUT2D eigenvalue weighted by molar-refractivity contribution is 0.968. The molecule has 4 heteroatoms. The molecule has 0 saturated carbocycles. The molecular weight excluding hydrogens is 585 g/mol. The molecule has 2 aromatic heterocycles. The van der Waals surface area contributed by atoms with Crippen LogP contribution in [0, 0.1) is 22.7 Å². The Morgan fingerprint density at radius 3 is 2.08 bits per heavy atom. The van der Waals surface area contributed by atoms with E-state index in [2.05, 4.69) is 137 Å². The maximum absolute atomic E-state index is 10.5. The van der Waals surface area contributed by atoms with Crippen molar-refractivity contribution in [3.8, 4) is 45.8 Å². The first-order valence-electron chi connectivity index (χ1n) is 16.2. The summed E-state index contributed by atoms with van der Waals surface area (Å²) < 4.78 is 4.61. The van der Waals surface area contributed by atoms with Crippen LogP contribution in [-0.4, -0.2) is 9.13 Å². The summed E-state index contributed by atoms with van der Waals surface area (Å²) in [4.78, 5) is 0. The summed E-state index contributed by atoms with van der Waals surface area (Å²) >= 11 is 0. The van der Waals surface area contributed by atoms with Gasteiger partial charge < -0.3 is 9.13 Å². The number of rotatable bonds is 4. The van der Waals surface area contributed by atoms with Crippen molar-refractivity contribution in [3.63, 3.8) is 0 Å². The van der Waals surface area contributed by atoms with Gasteiger partial charge in [-0.15, -0.1) is 0 Å². The van der Waals surface area contributed by atoms with Crippen molar-refractivity contribution >= 4 is 38.8 Å². The Balaban J connectivity index is 1.30. The van der Waals surface area contributed by atoms with Crippen molar-refractivity contribution in [2.45, 2.75) is 12.8 Å². The molecule has 0 aliphatic heterocycles. The minimum Gasteiger partial charge on any atom is -0.309 e. The van der Waals surface area contributed by atoms with E-state index in [0.717, 1.165) is 74.1 Å². The third kappa shape index (κ3) is 4.14. The van der Waals surface area contributed by atoms with Crippen LogP contribution in [0.1, 0.15) is 28.8 Å². The Morgan fingerprint density at radius 1 is 0.562 bits per heavy atom. The molecular formula is C44H28N4. The monoisotopic (exact) mass is 612 g/mol. The molecule has 0 saturated heterocycles. The van der Waals surface area contributed by atoms with E-state index in [-0.39, 0.29) is 0 Å². The molecule has 8 aromatic rings. The summed E-state index contributed by atoms with van der Waals surface area (Å²) in [7, 11) is 0. The fraction of sp³-hybridized carbons (Fsp3) is 0.0455. The molecule has 9 rings (SSSR count). The first-order chi connectivity index (χ1) is 23.7. The summed E-state index contributed by atoms with van der Waals surface area (Å²) in [5.41, 5.74) is 12.9. The van der Waals surface area contributed by atoms with E-state index in [1.165, 1.54) is 16.3 Å². The van der Waals surface area contributed by atoms with Gasteiger partial charge in [0.05, 0.1) is 45.5 Å². The Bertz CT molecular complexity index is 2650. The minimum absolute atomic E-state index is 0.612. The van der Waals surface area contributed by atoms with Gasteiger partial charge in [0.15, 0.2) is 0 Å². The number of benzene rings is 6. The third-order valence-electron chi connectivity index (χ3n) is 9.67. The summed E-state index contributed by atoms with van der Waals surface area (Å²) in [6, 6.07) is 50.9. The van der Waals surface area contributed by atoms with Crippen molar-refractivity contribution < 1.29 is 0 Å². The topological polar surface area (TPSA) is 57.4 Å². The van der Waals surface area contributed by atoms with Gasteiger partial charge in [0.2, 0.25) is 0 Å². The highest BCUT2D eigenvalue weighted by molar-refractivity contribution is 6.09. The van der Waals surface area contributed by atoms with Crippen LogP contribution in [0.2, 0.25) is 0 Å². The summed E-state index contributed by atoms with van der Waals surface area (Å²) in [5.74, 6) is 0. The van der Waals surface area contributed by atoms with Gasteiger partial charge in [-0.25, -0.2) is 0 Å². The third-order valence-corrected chi connectivity index (χ3v) is 9.67. The molecule has 0 N–H and O–H groups in total. The molecule has 6 aromatic carbocycles. The molecule has 4 nitrogen and oxygen atoms in total. The summed E-state index contributed by atoms with van der Waals surface area (Å²) in [6.07, 6.45) is 6.35. The average molecular weight is 613 g/mol. The maximum atomic E-state index is 10.5. The van der Waals surface area contributed by atoms with E-state index in [0.29, 0.717) is 11.1 Å². The number of allylic oxidation sites excluding steroid dienone is 1. The van der Waals surface area contributed by atoms with E-state index >= 15 is 0 Å². The standard InChI is InChI=1S/C44H28N4/c45-27-29-23-24-37-36-16-3-7-21-41(36)48(43(37)25-29)42-22-8-4-17-38(42)44-31(28-46)12-10-18-33(44)30-11-9-13-32(26-30)47-39-19-5-1-14-34(39)35-15-2-6-20-40(35)47/h1-2,4-15,17-26H,3,16H2. The molecule has 2 heterocycles. The number of fused-ring (bicyclic) bond motifs is 6. The Morgan fingerprint density at radius 2 is 1.29 bits per heavy atom. The van der Waals surface area contributed by atoms with E-state index < -0.39 is 0 Å². The molecule has 0 radical (unpaired) electrons. The number of nitriles is 2. The van der Waals surface area contributed by atoms with Gasteiger partial charge in [-0.2, -0.15) is 10.5 Å². The molecule has 0 unspecified atom stereocenters. The highest BCUT2D eigenvalue weighted by Gasteiger charge is 2.23. The lowest BCUT2D eigenvalue weighted by atomic mass is 9.89. The fourth-order valence-corrected chi connectivity index (χ4v) is 7.63. The second-order valence-corrected chi connectivity index (χ2v) is 12.3. The fourth-order valence-electron chi connectivity index (χ4n) is 7.63. The number of para-hydroxylation sites is 3. The lowest BCUT2D eigenvalue weighted by Crippen LogP contribution is -2.03. The quantitative estimate of drug-likeness (QED) is 0.199.